The quantitative estimate of drug-likeness (QED) is 0.772. The number of piperidine rings is 1. The summed E-state index contributed by atoms with van der Waals surface area (Å²) in [5.74, 6) is 0. The van der Waals surface area contributed by atoms with Crippen molar-refractivity contribution in [3.8, 4) is 0 Å². The van der Waals surface area contributed by atoms with Gasteiger partial charge < -0.3 is 15.3 Å². The van der Waals surface area contributed by atoms with E-state index in [9.17, 15) is 5.11 Å². The van der Waals surface area contributed by atoms with Crippen molar-refractivity contribution in [2.45, 2.75) is 59.1 Å². The highest BCUT2D eigenvalue weighted by Crippen LogP contribution is 2.27. The van der Waals surface area contributed by atoms with Crippen LogP contribution in [0.15, 0.2) is 0 Å². The van der Waals surface area contributed by atoms with Gasteiger partial charge in [0.15, 0.2) is 0 Å². The van der Waals surface area contributed by atoms with Gasteiger partial charge in [0, 0.05) is 25.7 Å². The number of nitrogens with one attached hydrogen (secondary N) is 1. The lowest BCUT2D eigenvalue weighted by atomic mass is 9.83. The fraction of sp³-hybridized carbons (Fsp3) is 1.00. The fourth-order valence-corrected chi connectivity index (χ4v) is 2.49. The number of likely N-dealkylation sites (tertiary alicyclic amines) is 1. The van der Waals surface area contributed by atoms with Crippen LogP contribution in [0.25, 0.3) is 0 Å². The van der Waals surface area contributed by atoms with Crippen LogP contribution < -0.4 is 5.32 Å². The van der Waals surface area contributed by atoms with Crippen molar-refractivity contribution in [3.63, 3.8) is 0 Å². The average molecular weight is 242 g/mol. The predicted octanol–water partition coefficient (Wildman–Crippen LogP) is 1.86. The molecule has 1 fully saturated rings. The zero-order valence-electron chi connectivity index (χ0n) is 12.2. The van der Waals surface area contributed by atoms with Crippen molar-refractivity contribution < 1.29 is 5.11 Å². The van der Waals surface area contributed by atoms with Crippen LogP contribution >= 0.6 is 0 Å². The Balaban J connectivity index is 2.43. The highest BCUT2D eigenvalue weighted by atomic mass is 16.3. The molecule has 0 spiro atoms. The van der Waals surface area contributed by atoms with E-state index in [1.165, 1.54) is 0 Å². The Hall–Kier alpha value is -0.120. The summed E-state index contributed by atoms with van der Waals surface area (Å²) in [6.07, 6.45) is 1.80. The second-order valence-electron chi connectivity index (χ2n) is 6.54. The fourth-order valence-electron chi connectivity index (χ4n) is 2.49. The van der Waals surface area contributed by atoms with Gasteiger partial charge in [0.25, 0.3) is 0 Å². The molecule has 1 rings (SSSR count). The van der Waals surface area contributed by atoms with Crippen LogP contribution in [0.1, 0.15) is 47.5 Å². The van der Waals surface area contributed by atoms with E-state index in [1.54, 1.807) is 0 Å². The Morgan fingerprint density at radius 1 is 1.35 bits per heavy atom. The number of hydrogen-bond acceptors (Lipinski definition) is 3. The van der Waals surface area contributed by atoms with Crippen LogP contribution in [0.3, 0.4) is 0 Å². The van der Waals surface area contributed by atoms with E-state index in [1.807, 2.05) is 6.92 Å². The molecule has 0 radical (unpaired) electrons. The maximum atomic E-state index is 9.94. The molecule has 0 aromatic carbocycles. The Bertz CT molecular complexity index is 228. The second kappa shape index (κ2) is 5.68. The normalized spacial score (nSPS) is 23.6. The third-order valence-electron chi connectivity index (χ3n) is 4.25. The molecule has 1 saturated heterocycles. The molecule has 1 unspecified atom stereocenters. The first-order chi connectivity index (χ1) is 7.77. The van der Waals surface area contributed by atoms with Crippen molar-refractivity contribution in [1.29, 1.82) is 0 Å². The molecule has 0 saturated carbocycles. The summed E-state index contributed by atoms with van der Waals surface area (Å²) < 4.78 is 0. The van der Waals surface area contributed by atoms with Crippen molar-refractivity contribution >= 4 is 0 Å². The maximum Gasteiger partial charge on any atom is 0.0644 e. The molecule has 1 aliphatic rings. The molecule has 0 aromatic heterocycles. The molecule has 17 heavy (non-hydrogen) atoms. The Morgan fingerprint density at radius 2 is 1.88 bits per heavy atom. The summed E-state index contributed by atoms with van der Waals surface area (Å²) in [6, 6.07) is 0.523. The Labute approximate surface area is 107 Å². The standard InChI is InChI=1S/C14H30N2O/c1-6-15-12(2)13(3,4)11-16-9-7-14(5,17)8-10-16/h12,15,17H,6-11H2,1-5H3. The van der Waals surface area contributed by atoms with E-state index in [2.05, 4.69) is 37.9 Å². The first-order valence-electron chi connectivity index (χ1n) is 6.95. The molecule has 2 N–H and O–H groups in total. The first kappa shape index (κ1) is 14.9. The van der Waals surface area contributed by atoms with Gasteiger partial charge in [-0.3, -0.25) is 0 Å². The molecule has 102 valence electrons. The van der Waals surface area contributed by atoms with Crippen molar-refractivity contribution in [2.75, 3.05) is 26.2 Å². The van der Waals surface area contributed by atoms with Gasteiger partial charge in [-0.2, -0.15) is 0 Å². The van der Waals surface area contributed by atoms with E-state index in [0.717, 1.165) is 39.0 Å². The minimum Gasteiger partial charge on any atom is -0.390 e. The lowest BCUT2D eigenvalue weighted by molar-refractivity contribution is -0.0157. The summed E-state index contributed by atoms with van der Waals surface area (Å²) in [4.78, 5) is 2.49. The molecule has 1 aliphatic heterocycles. The third-order valence-corrected chi connectivity index (χ3v) is 4.25. The number of rotatable bonds is 5. The van der Waals surface area contributed by atoms with Crippen LogP contribution in [-0.4, -0.2) is 47.8 Å². The molecule has 0 aromatic rings. The predicted molar refractivity (Wildman–Crippen MR) is 73.2 cm³/mol. The van der Waals surface area contributed by atoms with Crippen molar-refractivity contribution in [3.05, 3.63) is 0 Å². The summed E-state index contributed by atoms with van der Waals surface area (Å²) >= 11 is 0. The number of nitrogens with zero attached hydrogens (tertiary/aromatic N) is 1. The smallest absolute Gasteiger partial charge is 0.0644 e. The van der Waals surface area contributed by atoms with Crippen molar-refractivity contribution in [1.82, 2.24) is 10.2 Å². The van der Waals surface area contributed by atoms with E-state index in [0.29, 0.717) is 6.04 Å². The minimum atomic E-state index is -0.437. The van der Waals surface area contributed by atoms with Gasteiger partial charge in [0.05, 0.1) is 5.60 Å². The molecular weight excluding hydrogens is 212 g/mol. The molecule has 3 heteroatoms. The Kier molecular flexibility index (Phi) is 4.99. The molecule has 0 aliphatic carbocycles. The van der Waals surface area contributed by atoms with Crippen LogP contribution in [0.4, 0.5) is 0 Å². The van der Waals surface area contributed by atoms with Gasteiger partial charge >= 0.3 is 0 Å². The van der Waals surface area contributed by atoms with Gasteiger partial charge in [-0.25, -0.2) is 0 Å². The lowest BCUT2D eigenvalue weighted by Gasteiger charge is -2.42. The van der Waals surface area contributed by atoms with Gasteiger partial charge in [-0.15, -0.1) is 0 Å². The third kappa shape index (κ3) is 4.57. The van der Waals surface area contributed by atoms with Gasteiger partial charge in [-0.05, 0) is 38.6 Å². The zero-order valence-corrected chi connectivity index (χ0v) is 12.2. The zero-order chi connectivity index (χ0) is 13.1. The second-order valence-corrected chi connectivity index (χ2v) is 6.54. The van der Waals surface area contributed by atoms with Gasteiger partial charge in [-0.1, -0.05) is 20.8 Å². The van der Waals surface area contributed by atoms with Crippen LogP contribution in [0.5, 0.6) is 0 Å². The molecule has 0 bridgehead atoms. The van der Waals surface area contributed by atoms with E-state index in [-0.39, 0.29) is 5.41 Å². The minimum absolute atomic E-state index is 0.277. The molecular formula is C14H30N2O. The summed E-state index contributed by atoms with van der Waals surface area (Å²) in [5.41, 5.74) is -0.160. The molecule has 1 heterocycles. The Morgan fingerprint density at radius 3 is 2.35 bits per heavy atom. The van der Waals surface area contributed by atoms with E-state index >= 15 is 0 Å². The lowest BCUT2D eigenvalue weighted by Crippen LogP contribution is -2.50. The van der Waals surface area contributed by atoms with Crippen LogP contribution in [-0.2, 0) is 0 Å². The molecule has 0 amide bonds. The largest absolute Gasteiger partial charge is 0.390 e. The van der Waals surface area contributed by atoms with Crippen LogP contribution in [0, 0.1) is 5.41 Å². The monoisotopic (exact) mass is 242 g/mol. The summed E-state index contributed by atoms with van der Waals surface area (Å²) in [6.45, 7) is 15.2. The maximum absolute atomic E-state index is 9.94. The van der Waals surface area contributed by atoms with Gasteiger partial charge in [0.2, 0.25) is 0 Å². The van der Waals surface area contributed by atoms with Crippen LogP contribution in [0.2, 0.25) is 0 Å². The van der Waals surface area contributed by atoms with E-state index < -0.39 is 5.60 Å². The van der Waals surface area contributed by atoms with E-state index in [4.69, 9.17) is 0 Å². The molecule has 1 atom stereocenters. The molecule has 3 nitrogen and oxygen atoms in total. The number of aliphatic hydroxyl groups is 1. The highest BCUT2D eigenvalue weighted by Gasteiger charge is 2.32. The SMILES string of the molecule is CCNC(C)C(C)(C)CN1CCC(C)(O)CC1. The summed E-state index contributed by atoms with van der Waals surface area (Å²) in [5, 5.41) is 13.5. The van der Waals surface area contributed by atoms with Crippen molar-refractivity contribution in [2.24, 2.45) is 5.41 Å². The average Bonchev–Trinajstić information content (AvgIpc) is 2.21. The number of hydrogen-bond donors (Lipinski definition) is 2. The highest BCUT2D eigenvalue weighted by molar-refractivity contribution is 4.88. The van der Waals surface area contributed by atoms with Gasteiger partial charge in [0.1, 0.15) is 0 Å². The summed E-state index contributed by atoms with van der Waals surface area (Å²) in [7, 11) is 0. The first-order valence-corrected chi connectivity index (χ1v) is 6.95. The topological polar surface area (TPSA) is 35.5 Å².